The Bertz CT molecular complexity index is 1540. The molecular formula is C39H39BN2Si. The standard InChI is InChI=1S/C26H26N2Si.C13H13B/c1-2-3-11-22-12-10-17-25(20-22)29-26(28-19-18-27-21-28,23-13-6-4-7-14-23)24-15-8-5-9-16-24;1-14(12-8-4-2-5-9-12)13-10-6-3-7-11-13/h4-10,12-21H,2-3,11H2,1H3;2-11H,1H3. The van der Waals surface area contributed by atoms with E-state index in [0.29, 0.717) is 16.2 Å². The van der Waals surface area contributed by atoms with Crippen LogP contribution >= 0.6 is 0 Å². The topological polar surface area (TPSA) is 17.8 Å². The first-order valence-corrected chi connectivity index (χ1v) is 16.3. The van der Waals surface area contributed by atoms with Gasteiger partial charge in [-0.2, -0.15) is 0 Å². The van der Waals surface area contributed by atoms with Crippen molar-refractivity contribution in [1.29, 1.82) is 0 Å². The Labute approximate surface area is 260 Å². The fourth-order valence-corrected chi connectivity index (χ4v) is 7.30. The van der Waals surface area contributed by atoms with Crippen molar-refractivity contribution < 1.29 is 0 Å². The van der Waals surface area contributed by atoms with Crippen LogP contribution < -0.4 is 16.1 Å². The van der Waals surface area contributed by atoms with Gasteiger partial charge in [-0.25, -0.2) is 4.98 Å². The van der Waals surface area contributed by atoms with Crippen molar-refractivity contribution in [2.45, 2.75) is 38.2 Å². The molecule has 0 atom stereocenters. The second-order valence-corrected chi connectivity index (χ2v) is 12.4. The molecule has 43 heavy (non-hydrogen) atoms. The van der Waals surface area contributed by atoms with Crippen molar-refractivity contribution >= 4 is 32.3 Å². The van der Waals surface area contributed by atoms with Gasteiger partial charge >= 0.3 is 0 Å². The lowest BCUT2D eigenvalue weighted by molar-refractivity contribution is 0.596. The first-order valence-electron chi connectivity index (χ1n) is 15.3. The smallest absolute Gasteiger partial charge is 0.206 e. The molecule has 0 bridgehead atoms. The number of benzene rings is 5. The minimum absolute atomic E-state index is 0.317. The van der Waals surface area contributed by atoms with E-state index in [-0.39, 0.29) is 5.16 Å². The lowest BCUT2D eigenvalue weighted by atomic mass is 9.43. The third kappa shape index (κ3) is 7.52. The zero-order chi connectivity index (χ0) is 29.7. The summed E-state index contributed by atoms with van der Waals surface area (Å²) in [6.07, 6.45) is 9.52. The van der Waals surface area contributed by atoms with Crippen LogP contribution in [0, 0.1) is 0 Å². The van der Waals surface area contributed by atoms with Crippen molar-refractivity contribution in [3.8, 4) is 0 Å². The molecule has 4 heteroatoms. The molecule has 0 saturated carbocycles. The fraction of sp³-hybridized carbons (Fsp3) is 0.154. The Morgan fingerprint density at radius 1 is 0.674 bits per heavy atom. The molecule has 2 radical (unpaired) electrons. The molecule has 0 aliphatic rings. The molecule has 0 unspecified atom stereocenters. The van der Waals surface area contributed by atoms with Gasteiger partial charge in [0.2, 0.25) is 6.71 Å². The normalized spacial score (nSPS) is 10.9. The van der Waals surface area contributed by atoms with Crippen molar-refractivity contribution in [2.75, 3.05) is 0 Å². The predicted molar refractivity (Wildman–Crippen MR) is 186 cm³/mol. The van der Waals surface area contributed by atoms with Crippen LogP contribution in [0.15, 0.2) is 164 Å². The molecule has 6 rings (SSSR count). The number of aromatic nitrogens is 2. The molecule has 1 heterocycles. The van der Waals surface area contributed by atoms with Gasteiger partial charge in [-0.15, -0.1) is 0 Å². The lowest BCUT2D eigenvalue weighted by Gasteiger charge is -2.36. The number of hydrogen-bond donors (Lipinski definition) is 0. The van der Waals surface area contributed by atoms with Crippen LogP contribution in [-0.2, 0) is 11.6 Å². The summed E-state index contributed by atoms with van der Waals surface area (Å²) in [4.78, 5) is 4.41. The van der Waals surface area contributed by atoms with Crippen LogP contribution in [0.4, 0.5) is 0 Å². The van der Waals surface area contributed by atoms with Crippen LogP contribution in [0.1, 0.15) is 36.5 Å². The summed E-state index contributed by atoms with van der Waals surface area (Å²) in [7, 11) is 0.540. The first-order chi connectivity index (χ1) is 21.2. The van der Waals surface area contributed by atoms with Crippen LogP contribution in [0.5, 0.6) is 0 Å². The quantitative estimate of drug-likeness (QED) is 0.162. The van der Waals surface area contributed by atoms with Crippen molar-refractivity contribution in [1.82, 2.24) is 9.55 Å². The summed E-state index contributed by atoms with van der Waals surface area (Å²) in [5.41, 5.74) is 6.73. The van der Waals surface area contributed by atoms with E-state index in [1.54, 1.807) is 0 Å². The van der Waals surface area contributed by atoms with Gasteiger partial charge in [0.05, 0.1) is 11.5 Å². The maximum Gasteiger partial charge on any atom is 0.206 e. The summed E-state index contributed by atoms with van der Waals surface area (Å²) in [5, 5.41) is 1.06. The molecule has 0 N–H and O–H groups in total. The van der Waals surface area contributed by atoms with Gasteiger partial charge in [-0.05, 0) is 29.5 Å². The third-order valence-corrected chi connectivity index (χ3v) is 9.74. The molecular weight excluding hydrogens is 535 g/mol. The number of unbranched alkanes of at least 4 members (excludes halogenated alkanes) is 1. The van der Waals surface area contributed by atoms with Crippen LogP contribution in [-0.4, -0.2) is 25.8 Å². The first kappa shape index (κ1) is 30.1. The lowest BCUT2D eigenvalue weighted by Crippen LogP contribution is -2.46. The molecule has 0 aliphatic heterocycles. The second kappa shape index (κ2) is 15.2. The van der Waals surface area contributed by atoms with Gasteiger partial charge < -0.3 is 4.57 Å². The average molecular weight is 575 g/mol. The summed E-state index contributed by atoms with van der Waals surface area (Å²) >= 11 is 0. The van der Waals surface area contributed by atoms with Crippen LogP contribution in [0.2, 0.25) is 6.82 Å². The highest BCUT2D eigenvalue weighted by Crippen LogP contribution is 2.33. The molecule has 6 aromatic rings. The van der Waals surface area contributed by atoms with Crippen molar-refractivity contribution in [3.63, 3.8) is 0 Å². The molecule has 0 saturated heterocycles. The van der Waals surface area contributed by atoms with Crippen molar-refractivity contribution in [2.24, 2.45) is 0 Å². The Balaban J connectivity index is 0.000000220. The van der Waals surface area contributed by atoms with E-state index in [0.717, 1.165) is 6.42 Å². The number of nitrogens with zero attached hydrogens (tertiary/aromatic N) is 2. The molecule has 0 amide bonds. The Morgan fingerprint density at radius 2 is 1.21 bits per heavy atom. The van der Waals surface area contributed by atoms with E-state index in [1.807, 2.05) is 12.5 Å². The maximum absolute atomic E-state index is 4.41. The van der Waals surface area contributed by atoms with Crippen LogP contribution in [0.3, 0.4) is 0 Å². The Hall–Kier alpha value is -4.41. The minimum Gasteiger partial charge on any atom is -0.326 e. The van der Waals surface area contributed by atoms with Gasteiger partial charge in [0.1, 0.15) is 9.52 Å². The largest absolute Gasteiger partial charge is 0.326 e. The second-order valence-electron chi connectivity index (χ2n) is 10.9. The zero-order valence-corrected chi connectivity index (χ0v) is 26.2. The Kier molecular flexibility index (Phi) is 10.6. The summed E-state index contributed by atoms with van der Waals surface area (Å²) in [6.45, 7) is 4.97. The summed E-state index contributed by atoms with van der Waals surface area (Å²) < 4.78 is 2.27. The van der Waals surface area contributed by atoms with E-state index >= 15 is 0 Å². The van der Waals surface area contributed by atoms with Gasteiger partial charge in [0, 0.05) is 12.4 Å². The summed E-state index contributed by atoms with van der Waals surface area (Å²) in [5.74, 6) is 0. The number of aryl methyl sites for hydroxylation is 1. The van der Waals surface area contributed by atoms with E-state index in [2.05, 4.69) is 175 Å². The molecule has 0 aliphatic carbocycles. The molecule has 5 aromatic carbocycles. The molecule has 212 valence electrons. The van der Waals surface area contributed by atoms with E-state index in [1.165, 1.54) is 45.6 Å². The Morgan fingerprint density at radius 3 is 1.70 bits per heavy atom. The van der Waals surface area contributed by atoms with Gasteiger partial charge in [-0.3, -0.25) is 0 Å². The van der Waals surface area contributed by atoms with E-state index < -0.39 is 0 Å². The van der Waals surface area contributed by atoms with Gasteiger partial charge in [0.25, 0.3) is 0 Å². The number of hydrogen-bond acceptors (Lipinski definition) is 1. The third-order valence-electron chi connectivity index (χ3n) is 7.95. The van der Waals surface area contributed by atoms with Crippen molar-refractivity contribution in [3.05, 3.63) is 181 Å². The fourth-order valence-electron chi connectivity index (χ4n) is 5.56. The highest BCUT2D eigenvalue weighted by molar-refractivity contribution is 6.84. The van der Waals surface area contributed by atoms with Gasteiger partial charge in [0.15, 0.2) is 0 Å². The molecule has 0 spiro atoms. The van der Waals surface area contributed by atoms with Crippen LogP contribution in [0.25, 0.3) is 0 Å². The zero-order valence-electron chi connectivity index (χ0n) is 25.2. The molecule has 2 nitrogen and oxygen atoms in total. The number of rotatable bonds is 10. The highest BCUT2D eigenvalue weighted by Gasteiger charge is 2.37. The maximum atomic E-state index is 4.41. The van der Waals surface area contributed by atoms with E-state index in [9.17, 15) is 0 Å². The monoisotopic (exact) mass is 574 g/mol. The van der Waals surface area contributed by atoms with Gasteiger partial charge in [-0.1, -0.05) is 182 Å². The number of imidazole rings is 1. The predicted octanol–water partition coefficient (Wildman–Crippen LogP) is 6.93. The molecule has 1 aromatic heterocycles. The summed E-state index contributed by atoms with van der Waals surface area (Å²) in [6, 6.07) is 52.0. The highest BCUT2D eigenvalue weighted by atomic mass is 28.2. The minimum atomic E-state index is -0.317. The average Bonchev–Trinajstić information content (AvgIpc) is 3.64. The molecule has 0 fully saturated rings. The SMILES string of the molecule is CB(c1ccccc1)c1ccccc1.CCCCc1cccc([Si]C(c2ccccc2)(c2ccccc2)n2ccnc2)c1. The van der Waals surface area contributed by atoms with E-state index in [4.69, 9.17) is 0 Å².